The van der Waals surface area contributed by atoms with E-state index >= 15 is 0 Å². The molecule has 2 unspecified atom stereocenters. The maximum atomic E-state index is 12.6. The van der Waals surface area contributed by atoms with Crippen LogP contribution in [0.3, 0.4) is 0 Å². The van der Waals surface area contributed by atoms with Crippen molar-refractivity contribution in [1.82, 2.24) is 9.88 Å². The van der Waals surface area contributed by atoms with E-state index in [0.717, 1.165) is 12.1 Å². The molecule has 0 radical (unpaired) electrons. The average molecular weight is 297 g/mol. The summed E-state index contributed by atoms with van der Waals surface area (Å²) in [7, 11) is 0. The number of aliphatic hydroxyl groups is 1. The summed E-state index contributed by atoms with van der Waals surface area (Å²) >= 11 is 6.01. The normalized spacial score (nSPS) is 22.6. The molecule has 0 spiro atoms. The second kappa shape index (κ2) is 6.10. The van der Waals surface area contributed by atoms with Gasteiger partial charge >= 0.3 is 0 Å². The SMILES string of the molecule is CC(C)c1cc(C(=O)N2CCC(C)C2CO)cc(Cl)n1. The van der Waals surface area contributed by atoms with E-state index in [0.29, 0.717) is 23.2 Å². The molecule has 0 bridgehead atoms. The van der Waals surface area contributed by atoms with Gasteiger partial charge < -0.3 is 10.0 Å². The molecule has 1 aliphatic heterocycles. The van der Waals surface area contributed by atoms with Crippen LogP contribution in [0.5, 0.6) is 0 Å². The predicted octanol–water partition coefficient (Wildman–Crippen LogP) is 2.70. The van der Waals surface area contributed by atoms with E-state index < -0.39 is 0 Å². The summed E-state index contributed by atoms with van der Waals surface area (Å²) in [6.07, 6.45) is 0.923. The summed E-state index contributed by atoms with van der Waals surface area (Å²) in [6.45, 7) is 6.78. The first-order valence-electron chi connectivity index (χ1n) is 7.03. The number of carbonyl (C=O) groups excluding carboxylic acids is 1. The van der Waals surface area contributed by atoms with Gasteiger partial charge in [-0.2, -0.15) is 0 Å². The number of hydrogen-bond donors (Lipinski definition) is 1. The van der Waals surface area contributed by atoms with Crippen LogP contribution in [-0.4, -0.2) is 40.1 Å². The van der Waals surface area contributed by atoms with Crippen LogP contribution in [0.15, 0.2) is 12.1 Å². The molecule has 0 aromatic carbocycles. The van der Waals surface area contributed by atoms with Crippen LogP contribution in [0, 0.1) is 5.92 Å². The van der Waals surface area contributed by atoms with Gasteiger partial charge in [-0.1, -0.05) is 32.4 Å². The maximum absolute atomic E-state index is 12.6. The Hall–Kier alpha value is -1.13. The number of carbonyl (C=O) groups is 1. The van der Waals surface area contributed by atoms with Crippen LogP contribution in [0.4, 0.5) is 0 Å². The summed E-state index contributed by atoms with van der Waals surface area (Å²) in [4.78, 5) is 18.6. The molecule has 1 saturated heterocycles. The molecule has 2 rings (SSSR count). The molecule has 110 valence electrons. The number of aromatic nitrogens is 1. The number of rotatable bonds is 3. The zero-order valence-corrected chi connectivity index (χ0v) is 12.9. The first-order chi connectivity index (χ1) is 9.43. The molecule has 1 N–H and O–H groups in total. The monoisotopic (exact) mass is 296 g/mol. The highest BCUT2D eigenvalue weighted by Gasteiger charge is 2.34. The predicted molar refractivity (Wildman–Crippen MR) is 79.0 cm³/mol. The topological polar surface area (TPSA) is 53.4 Å². The Kier molecular flexibility index (Phi) is 4.66. The lowest BCUT2D eigenvalue weighted by atomic mass is 10.0. The van der Waals surface area contributed by atoms with Crippen LogP contribution < -0.4 is 0 Å². The lowest BCUT2D eigenvalue weighted by Gasteiger charge is -2.25. The van der Waals surface area contributed by atoms with Crippen LogP contribution in [-0.2, 0) is 0 Å². The molecule has 1 aromatic rings. The van der Waals surface area contributed by atoms with Crippen molar-refractivity contribution in [2.45, 2.75) is 39.2 Å². The number of halogens is 1. The molecule has 5 heteroatoms. The van der Waals surface area contributed by atoms with Gasteiger partial charge in [0.15, 0.2) is 0 Å². The molecule has 20 heavy (non-hydrogen) atoms. The highest BCUT2D eigenvalue weighted by atomic mass is 35.5. The number of hydrogen-bond acceptors (Lipinski definition) is 3. The maximum Gasteiger partial charge on any atom is 0.254 e. The fraction of sp³-hybridized carbons (Fsp3) is 0.600. The average Bonchev–Trinajstić information content (AvgIpc) is 2.78. The van der Waals surface area contributed by atoms with Crippen LogP contribution >= 0.6 is 11.6 Å². The van der Waals surface area contributed by atoms with Crippen molar-refractivity contribution < 1.29 is 9.90 Å². The summed E-state index contributed by atoms with van der Waals surface area (Å²) in [5.74, 6) is 0.469. The number of aliphatic hydroxyl groups excluding tert-OH is 1. The third kappa shape index (κ3) is 2.96. The second-order valence-electron chi connectivity index (χ2n) is 5.77. The van der Waals surface area contributed by atoms with E-state index in [2.05, 4.69) is 11.9 Å². The standard InChI is InChI=1S/C15H21ClN2O2/c1-9(2)12-6-11(7-14(16)17-12)15(20)18-5-4-10(3)13(18)8-19/h6-7,9-10,13,19H,4-5,8H2,1-3H3. The smallest absolute Gasteiger partial charge is 0.254 e. The van der Waals surface area contributed by atoms with Gasteiger partial charge in [0, 0.05) is 17.8 Å². The largest absolute Gasteiger partial charge is 0.394 e. The minimum absolute atomic E-state index is 0.00274. The minimum Gasteiger partial charge on any atom is -0.394 e. The second-order valence-corrected chi connectivity index (χ2v) is 6.16. The van der Waals surface area contributed by atoms with E-state index in [4.69, 9.17) is 11.6 Å². The van der Waals surface area contributed by atoms with Gasteiger partial charge in [0.25, 0.3) is 5.91 Å². The van der Waals surface area contributed by atoms with Gasteiger partial charge in [0.1, 0.15) is 5.15 Å². The van der Waals surface area contributed by atoms with Crippen molar-refractivity contribution in [1.29, 1.82) is 0 Å². The van der Waals surface area contributed by atoms with Crippen molar-refractivity contribution >= 4 is 17.5 Å². The summed E-state index contributed by atoms with van der Waals surface area (Å²) in [5, 5.41) is 9.81. The third-order valence-electron chi connectivity index (χ3n) is 3.98. The molecule has 2 heterocycles. The van der Waals surface area contributed by atoms with Crippen LogP contribution in [0.2, 0.25) is 5.15 Å². The lowest BCUT2D eigenvalue weighted by molar-refractivity contribution is 0.0648. The van der Waals surface area contributed by atoms with Crippen molar-refractivity contribution in [3.63, 3.8) is 0 Å². The Labute approximate surface area is 124 Å². The molecule has 1 fully saturated rings. The van der Waals surface area contributed by atoms with Crippen LogP contribution in [0.25, 0.3) is 0 Å². The Morgan fingerprint density at radius 3 is 2.85 bits per heavy atom. The molecular weight excluding hydrogens is 276 g/mol. The van der Waals surface area contributed by atoms with Gasteiger partial charge in [-0.05, 0) is 30.4 Å². The molecule has 0 aliphatic carbocycles. The Morgan fingerprint density at radius 1 is 1.55 bits per heavy atom. The molecular formula is C15H21ClN2O2. The minimum atomic E-state index is -0.100. The highest BCUT2D eigenvalue weighted by molar-refractivity contribution is 6.29. The van der Waals surface area contributed by atoms with Crippen molar-refractivity contribution in [3.8, 4) is 0 Å². The number of likely N-dealkylation sites (tertiary alicyclic amines) is 1. The molecule has 1 aliphatic rings. The Bertz CT molecular complexity index is 505. The van der Waals surface area contributed by atoms with Crippen LogP contribution in [0.1, 0.15) is 49.2 Å². The first kappa shape index (κ1) is 15.3. The van der Waals surface area contributed by atoms with E-state index in [9.17, 15) is 9.90 Å². The van der Waals surface area contributed by atoms with Crippen molar-refractivity contribution in [2.24, 2.45) is 5.92 Å². The molecule has 1 amide bonds. The zero-order chi connectivity index (χ0) is 14.9. The number of nitrogens with zero attached hydrogens (tertiary/aromatic N) is 2. The van der Waals surface area contributed by atoms with Gasteiger partial charge in [0.05, 0.1) is 12.6 Å². The Balaban J connectivity index is 2.29. The lowest BCUT2D eigenvalue weighted by Crippen LogP contribution is -2.39. The van der Waals surface area contributed by atoms with E-state index in [1.165, 1.54) is 0 Å². The van der Waals surface area contributed by atoms with Crippen molar-refractivity contribution in [3.05, 3.63) is 28.5 Å². The molecule has 0 saturated carbocycles. The summed E-state index contributed by atoms with van der Waals surface area (Å²) < 4.78 is 0. The van der Waals surface area contributed by atoms with Gasteiger partial charge in [0.2, 0.25) is 0 Å². The van der Waals surface area contributed by atoms with E-state index in [1.807, 2.05) is 13.8 Å². The molecule has 4 nitrogen and oxygen atoms in total. The van der Waals surface area contributed by atoms with Gasteiger partial charge in [-0.3, -0.25) is 4.79 Å². The van der Waals surface area contributed by atoms with Crippen molar-refractivity contribution in [2.75, 3.05) is 13.2 Å². The van der Waals surface area contributed by atoms with E-state index in [1.54, 1.807) is 17.0 Å². The van der Waals surface area contributed by atoms with E-state index in [-0.39, 0.29) is 24.5 Å². The number of amides is 1. The van der Waals surface area contributed by atoms with Gasteiger partial charge in [-0.15, -0.1) is 0 Å². The zero-order valence-electron chi connectivity index (χ0n) is 12.1. The molecule has 2 atom stereocenters. The fourth-order valence-electron chi connectivity index (χ4n) is 2.64. The highest BCUT2D eigenvalue weighted by Crippen LogP contribution is 2.26. The summed E-state index contributed by atoms with van der Waals surface area (Å²) in [5.41, 5.74) is 1.37. The van der Waals surface area contributed by atoms with Gasteiger partial charge in [-0.25, -0.2) is 4.98 Å². The molecule has 1 aromatic heterocycles. The summed E-state index contributed by atoms with van der Waals surface area (Å²) in [6, 6.07) is 3.31. The first-order valence-corrected chi connectivity index (χ1v) is 7.41. The number of pyridine rings is 1. The third-order valence-corrected chi connectivity index (χ3v) is 4.18. The fourth-order valence-corrected chi connectivity index (χ4v) is 2.86. The Morgan fingerprint density at radius 2 is 2.25 bits per heavy atom. The quantitative estimate of drug-likeness (QED) is 0.873.